The molecule has 206 valence electrons. The van der Waals surface area contributed by atoms with E-state index < -0.39 is 53.7 Å². The first-order valence-electron chi connectivity index (χ1n) is 12.4. The van der Waals surface area contributed by atoms with Gasteiger partial charge in [-0.1, -0.05) is 24.3 Å². The third-order valence-corrected chi connectivity index (χ3v) is 7.53. The molecule has 4 rings (SSSR count). The van der Waals surface area contributed by atoms with Gasteiger partial charge >= 0.3 is 0 Å². The van der Waals surface area contributed by atoms with Crippen molar-refractivity contribution in [2.24, 2.45) is 17.6 Å². The number of phenols is 1. The van der Waals surface area contributed by atoms with Crippen LogP contribution in [0.1, 0.15) is 46.3 Å². The molecule has 0 bridgehead atoms. The zero-order chi connectivity index (χ0) is 28.5. The van der Waals surface area contributed by atoms with E-state index in [0.717, 1.165) is 5.56 Å². The lowest BCUT2D eigenvalue weighted by atomic mass is 9.62. The first-order chi connectivity index (χ1) is 18.6. The summed E-state index contributed by atoms with van der Waals surface area (Å²) >= 11 is 0. The van der Waals surface area contributed by atoms with Crippen molar-refractivity contribution in [3.05, 3.63) is 63.9 Å². The number of fused-ring (bicyclic) bond motifs is 2. The quantitative estimate of drug-likeness (QED) is 0.237. The van der Waals surface area contributed by atoms with Crippen molar-refractivity contribution in [2.45, 2.75) is 31.3 Å². The number of hydrogen-bond acceptors (Lipinski definition) is 9. The number of amides is 1. The van der Waals surface area contributed by atoms with E-state index in [-0.39, 0.29) is 36.1 Å². The SMILES string of the molecule is COc1ccc(/C=C/c2ccc(O)c3c2C[C@H]2C[C@@H](CCO)[C@@](O)(C(=O)CC(N)=O)C(O)=C2C3=O)cc1OC. The predicted octanol–water partition coefficient (Wildman–Crippen LogP) is 2.32. The van der Waals surface area contributed by atoms with Crippen LogP contribution in [0.5, 0.6) is 17.2 Å². The van der Waals surface area contributed by atoms with Crippen LogP contribution in [0.15, 0.2) is 41.7 Å². The molecule has 0 saturated heterocycles. The molecule has 10 nitrogen and oxygen atoms in total. The number of Topliss-reactive ketones (excluding diaryl/α,β-unsaturated/α-hetero) is 2. The van der Waals surface area contributed by atoms with Crippen LogP contribution >= 0.6 is 0 Å². The highest BCUT2D eigenvalue weighted by Crippen LogP contribution is 2.49. The lowest BCUT2D eigenvalue weighted by Crippen LogP contribution is -2.54. The number of carbonyl (C=O) groups excluding carboxylic acids is 3. The molecular weight excluding hydrogens is 506 g/mol. The Labute approximate surface area is 225 Å². The molecule has 2 aromatic carbocycles. The van der Waals surface area contributed by atoms with E-state index in [9.17, 15) is 34.8 Å². The van der Waals surface area contributed by atoms with Crippen LogP contribution in [0, 0.1) is 11.8 Å². The first kappa shape index (κ1) is 27.9. The standard InChI is InChI=1S/C29H31NO9/c1-38-21-8-4-15(11-22(21)39-2)3-5-16-6-7-20(32)26-19(16)13-17-12-18(9-10-31)29(37,23(33)14-24(30)34)28(36)25(17)27(26)35/h3-8,11,17-18,31-32,36-37H,9-10,12-14H2,1-2H3,(H2,30,34)/b5-3+/t17-,18-,29-/m1/s1. The lowest BCUT2D eigenvalue weighted by Gasteiger charge is -2.43. The number of ether oxygens (including phenoxy) is 2. The number of benzene rings is 2. The number of aliphatic hydroxyl groups excluding tert-OH is 2. The second kappa shape index (κ2) is 10.9. The summed E-state index contributed by atoms with van der Waals surface area (Å²) in [5.41, 5.74) is 4.38. The van der Waals surface area contributed by atoms with Crippen molar-refractivity contribution >= 4 is 29.6 Å². The third-order valence-electron chi connectivity index (χ3n) is 7.53. The molecule has 0 unspecified atom stereocenters. The van der Waals surface area contributed by atoms with Gasteiger partial charge in [0.25, 0.3) is 0 Å². The number of primary amides is 1. The zero-order valence-corrected chi connectivity index (χ0v) is 21.6. The molecule has 6 N–H and O–H groups in total. The van der Waals surface area contributed by atoms with Gasteiger partial charge in [-0.25, -0.2) is 0 Å². The maximum absolute atomic E-state index is 13.7. The van der Waals surface area contributed by atoms with E-state index in [0.29, 0.717) is 22.6 Å². The van der Waals surface area contributed by atoms with E-state index in [1.165, 1.54) is 13.2 Å². The fourth-order valence-corrected chi connectivity index (χ4v) is 5.64. The molecule has 0 radical (unpaired) electrons. The average molecular weight is 538 g/mol. The van der Waals surface area contributed by atoms with Crippen molar-refractivity contribution in [3.8, 4) is 17.2 Å². The second-order valence-electron chi connectivity index (χ2n) is 9.75. The molecule has 0 aliphatic heterocycles. The molecule has 3 atom stereocenters. The van der Waals surface area contributed by atoms with Crippen molar-refractivity contribution in [1.82, 2.24) is 0 Å². The first-order valence-corrected chi connectivity index (χ1v) is 12.4. The number of nitrogens with two attached hydrogens (primary N) is 1. The predicted molar refractivity (Wildman–Crippen MR) is 141 cm³/mol. The van der Waals surface area contributed by atoms with Gasteiger partial charge < -0.3 is 35.6 Å². The number of rotatable bonds is 9. The van der Waals surface area contributed by atoms with E-state index in [1.54, 1.807) is 31.4 Å². The fourth-order valence-electron chi connectivity index (χ4n) is 5.64. The lowest BCUT2D eigenvalue weighted by molar-refractivity contribution is -0.147. The van der Waals surface area contributed by atoms with Crippen LogP contribution in [-0.4, -0.2) is 64.3 Å². The van der Waals surface area contributed by atoms with Gasteiger partial charge in [-0.2, -0.15) is 0 Å². The Bertz CT molecular complexity index is 1390. The topological polar surface area (TPSA) is 177 Å². The summed E-state index contributed by atoms with van der Waals surface area (Å²) in [5, 5.41) is 42.7. The van der Waals surface area contributed by atoms with Gasteiger partial charge in [0.05, 0.1) is 26.2 Å². The van der Waals surface area contributed by atoms with Crippen LogP contribution in [0.4, 0.5) is 0 Å². The number of hydrogen-bond donors (Lipinski definition) is 5. The summed E-state index contributed by atoms with van der Waals surface area (Å²) in [6.45, 7) is -0.392. The molecule has 2 aliphatic carbocycles. The average Bonchev–Trinajstić information content (AvgIpc) is 2.90. The van der Waals surface area contributed by atoms with E-state index >= 15 is 0 Å². The maximum Gasteiger partial charge on any atom is 0.225 e. The van der Waals surface area contributed by atoms with Crippen molar-refractivity contribution in [2.75, 3.05) is 20.8 Å². The third kappa shape index (κ3) is 4.88. The number of aromatic hydroxyl groups is 1. The summed E-state index contributed by atoms with van der Waals surface area (Å²) in [5.74, 6) is -4.37. The van der Waals surface area contributed by atoms with E-state index in [4.69, 9.17) is 15.2 Å². The molecule has 2 aromatic rings. The molecule has 0 saturated carbocycles. The summed E-state index contributed by atoms with van der Waals surface area (Å²) in [7, 11) is 3.07. The van der Waals surface area contributed by atoms with Gasteiger partial charge in [-0.3, -0.25) is 14.4 Å². The summed E-state index contributed by atoms with van der Waals surface area (Å²) in [4.78, 5) is 37.9. The Morgan fingerprint density at radius 2 is 1.82 bits per heavy atom. The zero-order valence-electron chi connectivity index (χ0n) is 21.6. The van der Waals surface area contributed by atoms with Crippen LogP contribution in [0.3, 0.4) is 0 Å². The van der Waals surface area contributed by atoms with E-state index in [2.05, 4.69) is 0 Å². The highest BCUT2D eigenvalue weighted by Gasteiger charge is 2.55. The molecule has 1 amide bonds. The molecule has 0 aromatic heterocycles. The molecule has 0 fully saturated rings. The summed E-state index contributed by atoms with van der Waals surface area (Å²) < 4.78 is 10.6. The van der Waals surface area contributed by atoms with Gasteiger partial charge in [0.1, 0.15) is 11.5 Å². The van der Waals surface area contributed by atoms with Crippen LogP contribution in [-0.2, 0) is 16.0 Å². The smallest absolute Gasteiger partial charge is 0.225 e. The van der Waals surface area contributed by atoms with Crippen molar-refractivity contribution < 1.29 is 44.3 Å². The molecule has 39 heavy (non-hydrogen) atoms. The number of ketones is 2. The van der Waals surface area contributed by atoms with Crippen LogP contribution < -0.4 is 15.2 Å². The minimum absolute atomic E-state index is 0.0347. The normalized spacial score (nSPS) is 22.4. The monoisotopic (exact) mass is 537 g/mol. The fraction of sp³-hybridized carbons (Fsp3) is 0.345. The summed E-state index contributed by atoms with van der Waals surface area (Å²) in [6, 6.07) is 8.42. The minimum Gasteiger partial charge on any atom is -0.508 e. The van der Waals surface area contributed by atoms with E-state index in [1.807, 2.05) is 12.1 Å². The van der Waals surface area contributed by atoms with Gasteiger partial charge in [0.2, 0.25) is 5.91 Å². The van der Waals surface area contributed by atoms with Crippen LogP contribution in [0.2, 0.25) is 0 Å². The summed E-state index contributed by atoms with van der Waals surface area (Å²) in [6.07, 6.45) is 3.02. The number of aliphatic hydroxyl groups is 3. The minimum atomic E-state index is -2.56. The second-order valence-corrected chi connectivity index (χ2v) is 9.75. The van der Waals surface area contributed by atoms with Gasteiger partial charge in [-0.15, -0.1) is 0 Å². The van der Waals surface area contributed by atoms with Crippen molar-refractivity contribution in [1.29, 1.82) is 0 Å². The molecule has 0 heterocycles. The van der Waals surface area contributed by atoms with Crippen molar-refractivity contribution in [3.63, 3.8) is 0 Å². The highest BCUT2D eigenvalue weighted by atomic mass is 16.5. The molecular formula is C29H31NO9. The molecule has 2 aliphatic rings. The van der Waals surface area contributed by atoms with Gasteiger partial charge in [-0.05, 0) is 60.1 Å². The number of methoxy groups -OCH3 is 2. The molecule has 0 spiro atoms. The molecule has 10 heteroatoms. The Balaban J connectivity index is 1.79. The Kier molecular flexibility index (Phi) is 7.80. The van der Waals surface area contributed by atoms with Gasteiger partial charge in [0.15, 0.2) is 28.7 Å². The Morgan fingerprint density at radius 1 is 1.10 bits per heavy atom. The maximum atomic E-state index is 13.7. The van der Waals surface area contributed by atoms with Gasteiger partial charge in [0, 0.05) is 18.1 Å². The Morgan fingerprint density at radius 3 is 2.46 bits per heavy atom. The highest BCUT2D eigenvalue weighted by molar-refractivity contribution is 6.15. The number of phenolic OH excluding ortho intramolecular Hbond substituents is 1. The number of carbonyl (C=O) groups is 3. The number of allylic oxidation sites excluding steroid dienone is 1. The van der Waals surface area contributed by atoms with Crippen LogP contribution in [0.25, 0.3) is 12.2 Å². The largest absolute Gasteiger partial charge is 0.508 e. The Hall–Kier alpha value is -4.15.